The summed E-state index contributed by atoms with van der Waals surface area (Å²) in [4.78, 5) is 30.9. The third-order valence-electron chi connectivity index (χ3n) is 14.1. The van der Waals surface area contributed by atoms with Crippen LogP contribution in [0.15, 0.2) is 0 Å². The third-order valence-corrected chi connectivity index (χ3v) is 18.6. The van der Waals surface area contributed by atoms with Crippen LogP contribution >= 0.6 is 0 Å². The van der Waals surface area contributed by atoms with E-state index in [9.17, 15) is 9.59 Å². The van der Waals surface area contributed by atoms with Gasteiger partial charge in [-0.1, -0.05) is 177 Å². The van der Waals surface area contributed by atoms with Crippen molar-refractivity contribution in [2.24, 2.45) is 17.3 Å². The highest BCUT2D eigenvalue weighted by atomic mass is 28.4. The van der Waals surface area contributed by atoms with Crippen molar-refractivity contribution in [1.82, 2.24) is 4.90 Å². The van der Waals surface area contributed by atoms with Crippen molar-refractivity contribution in [3.63, 3.8) is 0 Å². The molecule has 0 bridgehead atoms. The standard InChI is InChI=1S/C49H95NO5Si/c1-10-14-18-22-26-30-42(31-27-23-19-15-11-2)46(51)54-44-40-49(34-36-50(37-35-49)38-39-53-56(8,9)48(5,6)7)41-45(44)55-47(52)43(32-28-24-20-16-12-3)33-29-25-21-17-13-4/h42-45H,10-41H2,1-9H3/t44-,45-/m1/s1. The molecule has 1 saturated carbocycles. The van der Waals surface area contributed by atoms with E-state index in [1.165, 1.54) is 103 Å². The van der Waals surface area contributed by atoms with E-state index >= 15 is 0 Å². The molecule has 56 heavy (non-hydrogen) atoms. The van der Waals surface area contributed by atoms with Gasteiger partial charge in [0.2, 0.25) is 0 Å². The lowest BCUT2D eigenvalue weighted by Gasteiger charge is -2.40. The van der Waals surface area contributed by atoms with Crippen molar-refractivity contribution in [2.75, 3.05) is 26.2 Å². The van der Waals surface area contributed by atoms with Crippen molar-refractivity contribution < 1.29 is 23.5 Å². The zero-order chi connectivity index (χ0) is 41.3. The number of rotatable bonds is 32. The van der Waals surface area contributed by atoms with E-state index in [2.05, 4.69) is 66.5 Å². The van der Waals surface area contributed by atoms with E-state index in [-0.39, 0.29) is 46.4 Å². The second kappa shape index (κ2) is 28.5. The molecule has 6 nitrogen and oxygen atoms in total. The van der Waals surface area contributed by atoms with Crippen molar-refractivity contribution >= 4 is 20.3 Å². The van der Waals surface area contributed by atoms with Gasteiger partial charge in [-0.25, -0.2) is 0 Å². The van der Waals surface area contributed by atoms with Crippen molar-refractivity contribution in [3.8, 4) is 0 Å². The number of likely N-dealkylation sites (tertiary alicyclic amines) is 1. The zero-order valence-electron chi connectivity index (χ0n) is 38.9. The fourth-order valence-electron chi connectivity index (χ4n) is 8.97. The summed E-state index contributed by atoms with van der Waals surface area (Å²) in [5, 5.41) is 0.216. The van der Waals surface area contributed by atoms with Crippen LogP contribution in [0.4, 0.5) is 0 Å². The lowest BCUT2D eigenvalue weighted by atomic mass is 9.77. The molecule has 0 aromatic carbocycles. The zero-order valence-corrected chi connectivity index (χ0v) is 39.9. The summed E-state index contributed by atoms with van der Waals surface area (Å²) >= 11 is 0. The van der Waals surface area contributed by atoms with Crippen LogP contribution in [-0.4, -0.2) is 63.6 Å². The molecule has 2 aliphatic rings. The number of carbonyl (C=O) groups excluding carboxylic acids is 2. The molecule has 0 unspecified atom stereocenters. The Morgan fingerprint density at radius 1 is 0.589 bits per heavy atom. The molecule has 0 N–H and O–H groups in total. The Labute approximate surface area is 349 Å². The normalized spacial score (nSPS) is 19.1. The van der Waals surface area contributed by atoms with Gasteiger partial charge in [0.25, 0.3) is 0 Å². The van der Waals surface area contributed by atoms with E-state index in [1.807, 2.05) is 0 Å². The number of nitrogens with zero attached hydrogens (tertiary/aromatic N) is 1. The first-order valence-corrected chi connectivity index (χ1v) is 27.5. The molecule has 1 aliphatic carbocycles. The summed E-state index contributed by atoms with van der Waals surface area (Å²) < 4.78 is 19.8. The van der Waals surface area contributed by atoms with E-state index in [1.54, 1.807) is 0 Å². The maximum atomic E-state index is 14.2. The molecule has 1 saturated heterocycles. The van der Waals surface area contributed by atoms with Crippen LogP contribution in [0.5, 0.6) is 0 Å². The molecule has 1 spiro atoms. The molecule has 2 atom stereocenters. The first kappa shape index (κ1) is 51.2. The fraction of sp³-hybridized carbons (Fsp3) is 0.959. The van der Waals surface area contributed by atoms with Gasteiger partial charge in [0, 0.05) is 13.2 Å². The lowest BCUT2D eigenvalue weighted by Crippen LogP contribution is -2.45. The largest absolute Gasteiger partial charge is 0.458 e. The number of esters is 2. The van der Waals surface area contributed by atoms with Crippen LogP contribution < -0.4 is 0 Å². The monoisotopic (exact) mass is 806 g/mol. The minimum Gasteiger partial charge on any atom is -0.458 e. The predicted molar refractivity (Wildman–Crippen MR) is 241 cm³/mol. The summed E-state index contributed by atoms with van der Waals surface area (Å²) in [6, 6.07) is 0. The first-order chi connectivity index (χ1) is 26.8. The number of unbranched alkanes of at least 4 members (excludes halogenated alkanes) is 16. The summed E-state index contributed by atoms with van der Waals surface area (Å²) in [6.07, 6.45) is 30.9. The highest BCUT2D eigenvalue weighted by Gasteiger charge is 2.50. The van der Waals surface area contributed by atoms with Gasteiger partial charge in [-0.3, -0.25) is 9.59 Å². The van der Waals surface area contributed by atoms with Crippen LogP contribution in [-0.2, 0) is 23.5 Å². The number of carbonyl (C=O) groups is 2. The minimum atomic E-state index is -1.77. The Bertz CT molecular complexity index is 934. The van der Waals surface area contributed by atoms with Crippen LogP contribution in [0.1, 0.15) is 228 Å². The molecule has 1 aliphatic heterocycles. The highest BCUT2D eigenvalue weighted by Crippen LogP contribution is 2.49. The summed E-state index contributed by atoms with van der Waals surface area (Å²) in [5.41, 5.74) is 0.0539. The van der Waals surface area contributed by atoms with Gasteiger partial charge in [-0.15, -0.1) is 0 Å². The molecule has 2 fully saturated rings. The van der Waals surface area contributed by atoms with Gasteiger partial charge >= 0.3 is 11.9 Å². The van der Waals surface area contributed by atoms with Gasteiger partial charge in [-0.2, -0.15) is 0 Å². The maximum absolute atomic E-state index is 14.2. The quantitative estimate of drug-likeness (QED) is 0.0383. The number of hydrogen-bond donors (Lipinski definition) is 0. The summed E-state index contributed by atoms with van der Waals surface area (Å²) in [7, 11) is -1.77. The van der Waals surface area contributed by atoms with Gasteiger partial charge in [0.15, 0.2) is 8.32 Å². The molecule has 0 radical (unpaired) electrons. The number of ether oxygens (including phenoxy) is 2. The second-order valence-electron chi connectivity index (χ2n) is 20.0. The molecule has 330 valence electrons. The Balaban J connectivity index is 2.19. The summed E-state index contributed by atoms with van der Waals surface area (Å²) in [6.45, 7) is 24.4. The van der Waals surface area contributed by atoms with Crippen LogP contribution in [0.2, 0.25) is 18.1 Å². The second-order valence-corrected chi connectivity index (χ2v) is 24.8. The van der Waals surface area contributed by atoms with Crippen LogP contribution in [0.25, 0.3) is 0 Å². The third kappa shape index (κ3) is 19.9. The van der Waals surface area contributed by atoms with Gasteiger partial charge in [0.1, 0.15) is 12.2 Å². The SMILES string of the molecule is CCCCCCCC(CCCCCCC)C(=O)O[C@@H]1CC2(CCN(CCO[Si](C)(C)C(C)(C)C)CC2)C[C@H]1OC(=O)C(CCCCCCC)CCCCCCC. The molecule has 0 aromatic rings. The molecule has 2 rings (SSSR count). The smallest absolute Gasteiger partial charge is 0.309 e. The Kier molecular flexibility index (Phi) is 26.1. The van der Waals surface area contributed by atoms with Crippen molar-refractivity contribution in [2.45, 2.75) is 259 Å². The Morgan fingerprint density at radius 3 is 1.25 bits per heavy atom. The minimum absolute atomic E-state index is 0.0253. The number of piperidine rings is 1. The first-order valence-electron chi connectivity index (χ1n) is 24.6. The van der Waals surface area contributed by atoms with E-state index in [0.717, 1.165) is 103 Å². The molecular formula is C49H95NO5Si. The average Bonchev–Trinajstić information content (AvgIpc) is 3.47. The topological polar surface area (TPSA) is 65.1 Å². The van der Waals surface area contributed by atoms with Crippen molar-refractivity contribution in [1.29, 1.82) is 0 Å². The Hall–Kier alpha value is -0.923. The van der Waals surface area contributed by atoms with Crippen molar-refractivity contribution in [3.05, 3.63) is 0 Å². The van der Waals surface area contributed by atoms with E-state index < -0.39 is 8.32 Å². The Morgan fingerprint density at radius 2 is 0.929 bits per heavy atom. The van der Waals surface area contributed by atoms with Crippen LogP contribution in [0.3, 0.4) is 0 Å². The molecule has 0 amide bonds. The van der Waals surface area contributed by atoms with Gasteiger partial charge < -0.3 is 18.8 Å². The van der Waals surface area contributed by atoms with Gasteiger partial charge in [-0.05, 0) is 88.0 Å². The molecule has 1 heterocycles. The average molecular weight is 806 g/mol. The summed E-state index contributed by atoms with van der Waals surface area (Å²) in [5.74, 6) is -0.147. The molecule has 7 heteroatoms. The highest BCUT2D eigenvalue weighted by molar-refractivity contribution is 6.74. The number of hydrogen-bond acceptors (Lipinski definition) is 6. The van der Waals surface area contributed by atoms with E-state index in [4.69, 9.17) is 13.9 Å². The van der Waals surface area contributed by atoms with Gasteiger partial charge in [0.05, 0.1) is 11.8 Å². The van der Waals surface area contributed by atoms with Crippen LogP contribution in [0, 0.1) is 17.3 Å². The predicted octanol–water partition coefficient (Wildman–Crippen LogP) is 14.4. The lowest BCUT2D eigenvalue weighted by molar-refractivity contribution is -0.171. The molecule has 0 aromatic heterocycles. The fourth-order valence-corrected chi connectivity index (χ4v) is 10.0. The maximum Gasteiger partial charge on any atom is 0.309 e. The van der Waals surface area contributed by atoms with E-state index in [0.29, 0.717) is 0 Å². The molecular weight excluding hydrogens is 711 g/mol.